The molecule has 0 aromatic heterocycles. The van der Waals surface area contributed by atoms with Crippen LogP contribution in [0.4, 0.5) is 0 Å². The molecule has 0 aliphatic carbocycles. The van der Waals surface area contributed by atoms with Crippen LogP contribution in [0.5, 0.6) is 0 Å². The van der Waals surface area contributed by atoms with Crippen LogP contribution < -0.4 is 0 Å². The summed E-state index contributed by atoms with van der Waals surface area (Å²) in [4.78, 5) is 23.7. The van der Waals surface area contributed by atoms with Crippen LogP contribution in [0.3, 0.4) is 0 Å². The van der Waals surface area contributed by atoms with Crippen LogP contribution in [0.15, 0.2) is 0 Å². The third-order valence-corrected chi connectivity index (χ3v) is 2.00. The summed E-state index contributed by atoms with van der Waals surface area (Å²) in [6.45, 7) is 1.79. The fraction of sp³-hybridized carbons (Fsp3) is 0.700. The van der Waals surface area contributed by atoms with Gasteiger partial charge in [0.1, 0.15) is 12.5 Å². The molecule has 0 spiro atoms. The second kappa shape index (κ2) is 6.82. The molecule has 0 bridgehead atoms. The monoisotopic (exact) mass is 212 g/mol. The van der Waals surface area contributed by atoms with Crippen molar-refractivity contribution in [2.45, 2.75) is 19.8 Å². The lowest BCUT2D eigenvalue weighted by Gasteiger charge is -2.18. The molecule has 1 amide bonds. The number of rotatable bonds is 5. The second-order valence-corrected chi connectivity index (χ2v) is 3.24. The molecule has 84 valence electrons. The van der Waals surface area contributed by atoms with Crippen molar-refractivity contribution in [3.63, 3.8) is 0 Å². The molecule has 0 aliphatic rings. The highest BCUT2D eigenvalue weighted by molar-refractivity contribution is 5.84. The van der Waals surface area contributed by atoms with Crippen LogP contribution in [0.2, 0.25) is 0 Å². The number of carbonyl (C=O) groups is 2. The SMILES string of the molecule is CCCC(C#N)C(=O)N(C)CC(=O)OC. The number of hydrogen-bond acceptors (Lipinski definition) is 4. The Bertz CT molecular complexity index is 270. The molecule has 0 saturated heterocycles. The number of esters is 1. The van der Waals surface area contributed by atoms with Crippen LogP contribution in [0.25, 0.3) is 0 Å². The highest BCUT2D eigenvalue weighted by Gasteiger charge is 2.22. The molecule has 0 radical (unpaired) electrons. The summed E-state index contributed by atoms with van der Waals surface area (Å²) in [7, 11) is 2.74. The molecular formula is C10H16N2O3. The molecule has 0 heterocycles. The van der Waals surface area contributed by atoms with Crippen molar-refractivity contribution < 1.29 is 14.3 Å². The number of hydrogen-bond donors (Lipinski definition) is 0. The summed E-state index contributed by atoms with van der Waals surface area (Å²) in [5, 5.41) is 8.75. The topological polar surface area (TPSA) is 70.4 Å². The minimum absolute atomic E-state index is 0.114. The van der Waals surface area contributed by atoms with Crippen LogP contribution in [-0.4, -0.2) is 37.5 Å². The summed E-state index contributed by atoms with van der Waals surface area (Å²) in [5.74, 6) is -1.48. The summed E-state index contributed by atoms with van der Waals surface area (Å²) < 4.78 is 4.43. The fourth-order valence-electron chi connectivity index (χ4n) is 1.13. The Morgan fingerprint density at radius 2 is 2.13 bits per heavy atom. The zero-order valence-corrected chi connectivity index (χ0v) is 9.32. The number of likely N-dealkylation sites (N-methyl/N-ethyl adjacent to an activating group) is 1. The molecule has 0 aromatic rings. The van der Waals surface area contributed by atoms with Crippen molar-refractivity contribution >= 4 is 11.9 Å². The third kappa shape index (κ3) is 4.45. The van der Waals surface area contributed by atoms with Gasteiger partial charge in [0.15, 0.2) is 0 Å². The Morgan fingerprint density at radius 3 is 2.53 bits per heavy atom. The lowest BCUT2D eigenvalue weighted by atomic mass is 10.0. The molecule has 0 saturated carbocycles. The maximum atomic E-state index is 11.6. The Balaban J connectivity index is 4.29. The summed E-state index contributed by atoms with van der Waals surface area (Å²) >= 11 is 0. The van der Waals surface area contributed by atoms with E-state index in [1.54, 1.807) is 0 Å². The van der Waals surface area contributed by atoms with Crippen LogP contribution >= 0.6 is 0 Å². The van der Waals surface area contributed by atoms with Crippen LogP contribution in [0.1, 0.15) is 19.8 Å². The molecular weight excluding hydrogens is 196 g/mol. The van der Waals surface area contributed by atoms with Gasteiger partial charge in [-0.15, -0.1) is 0 Å². The van der Waals surface area contributed by atoms with E-state index in [0.29, 0.717) is 6.42 Å². The van der Waals surface area contributed by atoms with Crippen LogP contribution in [-0.2, 0) is 14.3 Å². The van der Waals surface area contributed by atoms with Crippen molar-refractivity contribution in [3.05, 3.63) is 0 Å². The van der Waals surface area contributed by atoms with Gasteiger partial charge in [0.05, 0.1) is 13.2 Å². The zero-order valence-electron chi connectivity index (χ0n) is 9.32. The Kier molecular flexibility index (Phi) is 6.11. The maximum absolute atomic E-state index is 11.6. The zero-order chi connectivity index (χ0) is 11.8. The third-order valence-electron chi connectivity index (χ3n) is 2.00. The summed E-state index contributed by atoms with van der Waals surface area (Å²) in [5.41, 5.74) is 0. The number of carbonyl (C=O) groups excluding carboxylic acids is 2. The smallest absolute Gasteiger partial charge is 0.325 e. The van der Waals surface area contributed by atoms with Gasteiger partial charge in [0, 0.05) is 7.05 Å². The Hall–Kier alpha value is -1.57. The standard InChI is InChI=1S/C10H16N2O3/c1-4-5-8(6-11)10(14)12(2)7-9(13)15-3/h8H,4-5,7H2,1-3H3. The minimum Gasteiger partial charge on any atom is -0.468 e. The van der Waals surface area contributed by atoms with Crippen molar-refractivity contribution in [1.82, 2.24) is 4.90 Å². The van der Waals surface area contributed by atoms with E-state index < -0.39 is 11.9 Å². The van der Waals surface area contributed by atoms with Gasteiger partial charge in [-0.1, -0.05) is 13.3 Å². The van der Waals surface area contributed by atoms with Gasteiger partial charge in [0.2, 0.25) is 5.91 Å². The van der Waals surface area contributed by atoms with Crippen LogP contribution in [0, 0.1) is 17.2 Å². The van der Waals surface area contributed by atoms with Gasteiger partial charge in [-0.05, 0) is 6.42 Å². The Labute approximate surface area is 89.6 Å². The first-order chi connectivity index (χ1) is 7.06. The highest BCUT2D eigenvalue weighted by atomic mass is 16.5. The van der Waals surface area contributed by atoms with Gasteiger partial charge in [-0.2, -0.15) is 5.26 Å². The Morgan fingerprint density at radius 1 is 1.53 bits per heavy atom. The maximum Gasteiger partial charge on any atom is 0.325 e. The first-order valence-electron chi connectivity index (χ1n) is 4.78. The van der Waals surface area contributed by atoms with E-state index in [1.165, 1.54) is 19.1 Å². The molecule has 0 aromatic carbocycles. The lowest BCUT2D eigenvalue weighted by molar-refractivity contribution is -0.146. The first kappa shape index (κ1) is 13.4. The molecule has 0 N–H and O–H groups in total. The van der Waals surface area contributed by atoms with Gasteiger partial charge < -0.3 is 9.64 Å². The fourth-order valence-corrected chi connectivity index (χ4v) is 1.13. The second-order valence-electron chi connectivity index (χ2n) is 3.24. The van der Waals surface area contributed by atoms with Crippen molar-refractivity contribution in [2.24, 2.45) is 5.92 Å². The average Bonchev–Trinajstić information content (AvgIpc) is 2.24. The molecule has 0 aliphatic heterocycles. The van der Waals surface area contributed by atoms with E-state index in [4.69, 9.17) is 5.26 Å². The molecule has 15 heavy (non-hydrogen) atoms. The number of methoxy groups -OCH3 is 1. The molecule has 0 rings (SSSR count). The average molecular weight is 212 g/mol. The predicted octanol–water partition coefficient (Wildman–Crippen LogP) is 0.558. The van der Waals surface area contributed by atoms with Gasteiger partial charge >= 0.3 is 5.97 Å². The quantitative estimate of drug-likeness (QED) is 0.624. The van der Waals surface area contributed by atoms with E-state index in [-0.39, 0.29) is 12.5 Å². The normalized spacial score (nSPS) is 11.3. The highest BCUT2D eigenvalue weighted by Crippen LogP contribution is 2.08. The molecule has 1 unspecified atom stereocenters. The van der Waals surface area contributed by atoms with E-state index in [0.717, 1.165) is 6.42 Å². The minimum atomic E-state index is -0.662. The van der Waals surface area contributed by atoms with E-state index in [1.807, 2.05) is 13.0 Å². The number of nitrogens with zero attached hydrogens (tertiary/aromatic N) is 2. The lowest BCUT2D eigenvalue weighted by Crippen LogP contribution is -2.36. The number of amides is 1. The molecule has 1 atom stereocenters. The van der Waals surface area contributed by atoms with E-state index in [9.17, 15) is 9.59 Å². The molecule has 5 heteroatoms. The van der Waals surface area contributed by atoms with Gasteiger partial charge in [0.25, 0.3) is 0 Å². The molecule has 5 nitrogen and oxygen atoms in total. The number of nitriles is 1. The van der Waals surface area contributed by atoms with Gasteiger partial charge in [-0.3, -0.25) is 9.59 Å². The van der Waals surface area contributed by atoms with Crippen molar-refractivity contribution in [3.8, 4) is 6.07 Å². The summed E-state index contributed by atoms with van der Waals surface area (Å²) in [6.07, 6.45) is 1.27. The van der Waals surface area contributed by atoms with E-state index >= 15 is 0 Å². The molecule has 0 fully saturated rings. The summed E-state index contributed by atoms with van der Waals surface area (Å²) in [6, 6.07) is 1.93. The van der Waals surface area contributed by atoms with Crippen molar-refractivity contribution in [2.75, 3.05) is 20.7 Å². The van der Waals surface area contributed by atoms with Crippen molar-refractivity contribution in [1.29, 1.82) is 5.26 Å². The largest absolute Gasteiger partial charge is 0.468 e. The predicted molar refractivity (Wildman–Crippen MR) is 53.7 cm³/mol. The van der Waals surface area contributed by atoms with Gasteiger partial charge in [-0.25, -0.2) is 0 Å². The number of ether oxygens (including phenoxy) is 1. The first-order valence-corrected chi connectivity index (χ1v) is 4.78. The van der Waals surface area contributed by atoms with E-state index in [2.05, 4.69) is 4.74 Å².